The lowest BCUT2D eigenvalue weighted by molar-refractivity contribution is -0.119. The third kappa shape index (κ3) is 7.64. The Labute approximate surface area is 181 Å². The number of hydrogen-bond acceptors (Lipinski definition) is 3. The Kier molecular flexibility index (Phi) is 12.1. The van der Waals surface area contributed by atoms with Crippen molar-refractivity contribution in [1.29, 1.82) is 0 Å². The average molecular weight is 412 g/mol. The van der Waals surface area contributed by atoms with Gasteiger partial charge in [-0.15, -0.1) is 0 Å². The summed E-state index contributed by atoms with van der Waals surface area (Å²) in [6, 6.07) is 17.9. The molecule has 0 bridgehead atoms. The van der Waals surface area contributed by atoms with Gasteiger partial charge in [0.2, 0.25) is 5.91 Å². The van der Waals surface area contributed by atoms with Gasteiger partial charge >= 0.3 is 0 Å². The second kappa shape index (κ2) is 14.3. The van der Waals surface area contributed by atoms with Gasteiger partial charge in [0.15, 0.2) is 0 Å². The van der Waals surface area contributed by atoms with Crippen LogP contribution in [0.4, 0.5) is 5.69 Å². The van der Waals surface area contributed by atoms with Crippen molar-refractivity contribution in [3.05, 3.63) is 60.3 Å². The number of aryl methyl sites for hydroxylation is 1. The molecule has 4 rings (SSSR count). The Morgan fingerprint density at radius 3 is 2.20 bits per heavy atom. The van der Waals surface area contributed by atoms with Crippen LogP contribution in [-0.4, -0.2) is 36.4 Å². The lowest BCUT2D eigenvalue weighted by Crippen LogP contribution is -2.34. The standard InChI is InChI=1S/C13H17NO2.C8H8N2.2C2H6/c1-16-10-9-14(13(15)11-7-8-11)12-5-3-2-4-6-12;1-6-7-4-2-3-5-8(7)10-9-6;2*1-2/h2-6,11H,7-10H2,1H3;2-5H,1H3,(H,9,10);2*1-2H3. The monoisotopic (exact) mass is 411 g/mol. The summed E-state index contributed by atoms with van der Waals surface area (Å²) in [6.45, 7) is 11.2. The Morgan fingerprint density at radius 2 is 1.63 bits per heavy atom. The SMILES string of the molecule is CC.CC.COCCN(C(=O)C1CC1)c1ccccc1.Cc1[nH]nc2ccccc12. The number of aromatic nitrogens is 2. The second-order valence-electron chi connectivity index (χ2n) is 6.46. The molecule has 1 aliphatic rings. The van der Waals surface area contributed by atoms with Gasteiger partial charge in [-0.05, 0) is 38.0 Å². The number of carbonyl (C=O) groups is 1. The van der Waals surface area contributed by atoms with E-state index in [9.17, 15) is 4.79 Å². The van der Waals surface area contributed by atoms with Gasteiger partial charge in [-0.2, -0.15) is 5.10 Å². The molecule has 1 fully saturated rings. The highest BCUT2D eigenvalue weighted by Crippen LogP contribution is 2.32. The number of hydrogen-bond donors (Lipinski definition) is 1. The highest BCUT2D eigenvalue weighted by molar-refractivity contribution is 5.96. The molecular weight excluding hydrogens is 374 g/mol. The van der Waals surface area contributed by atoms with E-state index in [4.69, 9.17) is 4.74 Å². The van der Waals surface area contributed by atoms with Gasteiger partial charge < -0.3 is 9.64 Å². The van der Waals surface area contributed by atoms with Crippen LogP contribution < -0.4 is 4.90 Å². The number of nitrogens with one attached hydrogen (secondary N) is 1. The number of para-hydroxylation sites is 2. The molecular formula is C25H37N3O2. The van der Waals surface area contributed by atoms with Crippen LogP contribution in [0.15, 0.2) is 54.6 Å². The van der Waals surface area contributed by atoms with E-state index >= 15 is 0 Å². The number of benzene rings is 2. The Hall–Kier alpha value is -2.66. The molecule has 5 nitrogen and oxygen atoms in total. The van der Waals surface area contributed by atoms with Crippen LogP contribution in [0.5, 0.6) is 0 Å². The van der Waals surface area contributed by atoms with Crippen molar-refractivity contribution in [2.24, 2.45) is 5.92 Å². The molecule has 0 atom stereocenters. The lowest BCUT2D eigenvalue weighted by atomic mass is 10.2. The highest BCUT2D eigenvalue weighted by atomic mass is 16.5. The summed E-state index contributed by atoms with van der Waals surface area (Å²) in [5.41, 5.74) is 3.15. The maximum absolute atomic E-state index is 12.1. The molecule has 1 heterocycles. The zero-order chi connectivity index (χ0) is 22.4. The minimum Gasteiger partial charge on any atom is -0.383 e. The molecule has 0 spiro atoms. The number of H-pyrrole nitrogens is 1. The molecule has 2 aromatic carbocycles. The number of methoxy groups -OCH3 is 1. The van der Waals surface area contributed by atoms with Crippen LogP contribution in [-0.2, 0) is 9.53 Å². The van der Waals surface area contributed by atoms with Gasteiger partial charge in [0.1, 0.15) is 0 Å². The minimum absolute atomic E-state index is 0.239. The molecule has 0 radical (unpaired) electrons. The van der Waals surface area contributed by atoms with E-state index < -0.39 is 0 Å². The third-order valence-corrected chi connectivity index (χ3v) is 4.43. The quantitative estimate of drug-likeness (QED) is 0.560. The molecule has 0 unspecified atom stereocenters. The highest BCUT2D eigenvalue weighted by Gasteiger charge is 2.33. The van der Waals surface area contributed by atoms with Crippen molar-refractivity contribution in [3.63, 3.8) is 0 Å². The summed E-state index contributed by atoms with van der Waals surface area (Å²) in [5.74, 6) is 0.486. The van der Waals surface area contributed by atoms with Gasteiger partial charge in [-0.3, -0.25) is 9.89 Å². The number of aromatic amines is 1. The Morgan fingerprint density at radius 1 is 1.03 bits per heavy atom. The fourth-order valence-electron chi connectivity index (χ4n) is 2.80. The number of amides is 1. The summed E-state index contributed by atoms with van der Waals surface area (Å²) in [5, 5.41) is 8.23. The zero-order valence-corrected chi connectivity index (χ0v) is 19.3. The molecule has 1 N–H and O–H groups in total. The first-order valence-electron chi connectivity index (χ1n) is 11.0. The van der Waals surface area contributed by atoms with E-state index in [2.05, 4.69) is 16.3 Å². The number of nitrogens with zero attached hydrogens (tertiary/aromatic N) is 2. The largest absolute Gasteiger partial charge is 0.383 e. The number of fused-ring (bicyclic) bond motifs is 1. The van der Waals surface area contributed by atoms with Gasteiger partial charge in [0.25, 0.3) is 0 Å². The summed E-state index contributed by atoms with van der Waals surface area (Å²) >= 11 is 0. The normalized spacial score (nSPS) is 11.8. The fourth-order valence-corrected chi connectivity index (χ4v) is 2.80. The molecule has 0 saturated heterocycles. The molecule has 164 valence electrons. The minimum atomic E-state index is 0.239. The number of carbonyl (C=O) groups excluding carboxylic acids is 1. The van der Waals surface area contributed by atoms with Crippen molar-refractivity contribution in [2.45, 2.75) is 47.5 Å². The summed E-state index contributed by atoms with van der Waals surface area (Å²) < 4.78 is 5.05. The van der Waals surface area contributed by atoms with Crippen LogP contribution in [0.3, 0.4) is 0 Å². The van der Waals surface area contributed by atoms with Crippen LogP contribution in [0.2, 0.25) is 0 Å². The van der Waals surface area contributed by atoms with Crippen molar-refractivity contribution in [2.75, 3.05) is 25.2 Å². The summed E-state index contributed by atoms with van der Waals surface area (Å²) in [6.07, 6.45) is 2.07. The first kappa shape index (κ1) is 25.4. The van der Waals surface area contributed by atoms with Crippen LogP contribution in [0, 0.1) is 12.8 Å². The lowest BCUT2D eigenvalue weighted by Gasteiger charge is -2.22. The number of rotatable bonds is 5. The number of ether oxygens (including phenoxy) is 1. The molecule has 1 aromatic heterocycles. The molecule has 3 aromatic rings. The summed E-state index contributed by atoms with van der Waals surface area (Å²) in [7, 11) is 1.66. The molecule has 30 heavy (non-hydrogen) atoms. The molecule has 1 amide bonds. The molecule has 5 heteroatoms. The van der Waals surface area contributed by atoms with Gasteiger partial charge in [0, 0.05) is 36.3 Å². The van der Waals surface area contributed by atoms with Crippen LogP contribution in [0.25, 0.3) is 10.9 Å². The Balaban J connectivity index is 0.000000275. The fraction of sp³-hybridized carbons (Fsp3) is 0.440. The maximum Gasteiger partial charge on any atom is 0.230 e. The predicted molar refractivity (Wildman–Crippen MR) is 127 cm³/mol. The van der Waals surface area contributed by atoms with Crippen LogP contribution in [0.1, 0.15) is 46.2 Å². The van der Waals surface area contributed by atoms with E-state index in [1.165, 1.54) is 5.39 Å². The Bertz CT molecular complexity index is 842. The van der Waals surface area contributed by atoms with Gasteiger partial charge in [-0.1, -0.05) is 64.1 Å². The zero-order valence-electron chi connectivity index (χ0n) is 19.3. The topological polar surface area (TPSA) is 58.2 Å². The van der Waals surface area contributed by atoms with Crippen molar-refractivity contribution < 1.29 is 9.53 Å². The predicted octanol–water partition coefficient (Wildman–Crippen LogP) is 6.00. The second-order valence-corrected chi connectivity index (χ2v) is 6.46. The van der Waals surface area contributed by atoms with Crippen LogP contribution >= 0.6 is 0 Å². The van der Waals surface area contributed by atoms with E-state index in [-0.39, 0.29) is 11.8 Å². The third-order valence-electron chi connectivity index (χ3n) is 4.43. The smallest absolute Gasteiger partial charge is 0.230 e. The van der Waals surface area contributed by atoms with E-state index in [1.54, 1.807) is 7.11 Å². The van der Waals surface area contributed by atoms with E-state index in [1.807, 2.05) is 88.0 Å². The first-order valence-corrected chi connectivity index (χ1v) is 11.0. The summed E-state index contributed by atoms with van der Waals surface area (Å²) in [4.78, 5) is 13.9. The molecule has 1 saturated carbocycles. The van der Waals surface area contributed by atoms with Crippen molar-refractivity contribution >= 4 is 22.5 Å². The van der Waals surface area contributed by atoms with Gasteiger partial charge in [0.05, 0.1) is 12.1 Å². The number of anilines is 1. The first-order chi connectivity index (χ1) is 14.7. The maximum atomic E-state index is 12.1. The van der Waals surface area contributed by atoms with Crippen molar-refractivity contribution in [3.8, 4) is 0 Å². The molecule has 0 aliphatic heterocycles. The van der Waals surface area contributed by atoms with E-state index in [0.717, 1.165) is 29.7 Å². The average Bonchev–Trinajstić information content (AvgIpc) is 3.61. The molecule has 1 aliphatic carbocycles. The van der Waals surface area contributed by atoms with E-state index in [0.29, 0.717) is 13.2 Å². The van der Waals surface area contributed by atoms with Gasteiger partial charge in [-0.25, -0.2) is 0 Å². The van der Waals surface area contributed by atoms with Crippen molar-refractivity contribution in [1.82, 2.24) is 10.2 Å².